The molecular weight excluding hydrogens is 342 g/mol. The van der Waals surface area contributed by atoms with Crippen LogP contribution in [0.5, 0.6) is 0 Å². The second-order valence-corrected chi connectivity index (χ2v) is 4.92. The van der Waals surface area contributed by atoms with E-state index >= 15 is 0 Å². The number of rotatable bonds is 3. The lowest BCUT2D eigenvalue weighted by Gasteiger charge is -2.16. The van der Waals surface area contributed by atoms with Crippen molar-refractivity contribution in [3.05, 3.63) is 46.4 Å². The molecule has 1 heterocycles. The van der Waals surface area contributed by atoms with E-state index in [4.69, 9.17) is 0 Å². The molecule has 0 saturated heterocycles. The third kappa shape index (κ3) is 4.27. The summed E-state index contributed by atoms with van der Waals surface area (Å²) >= 11 is 0. The van der Waals surface area contributed by atoms with E-state index in [1.807, 2.05) is 0 Å². The molecule has 2 aromatic rings. The Hall–Kier alpha value is -2.52. The molecule has 0 aliphatic heterocycles. The maximum Gasteiger partial charge on any atom is 0.406 e. The summed E-state index contributed by atoms with van der Waals surface area (Å²) < 4.78 is 74.6. The molecule has 0 aliphatic rings. The Morgan fingerprint density at radius 2 is 1.67 bits per heavy atom. The Labute approximate surface area is 130 Å². The van der Waals surface area contributed by atoms with Crippen molar-refractivity contribution in [3.8, 4) is 0 Å². The van der Waals surface area contributed by atoms with Crippen molar-refractivity contribution < 1.29 is 31.1 Å². The number of amides is 1. The third-order valence-corrected chi connectivity index (χ3v) is 3.04. The van der Waals surface area contributed by atoms with Gasteiger partial charge in [0.25, 0.3) is 11.5 Å². The maximum absolute atomic E-state index is 12.7. The third-order valence-electron chi connectivity index (χ3n) is 3.04. The fourth-order valence-corrected chi connectivity index (χ4v) is 2.09. The lowest BCUT2D eigenvalue weighted by atomic mass is 10.1. The van der Waals surface area contributed by atoms with Crippen LogP contribution >= 0.6 is 0 Å². The summed E-state index contributed by atoms with van der Waals surface area (Å²) in [6, 6.07) is 6.49. The first kappa shape index (κ1) is 17.8. The van der Waals surface area contributed by atoms with Crippen LogP contribution in [-0.2, 0) is 6.54 Å². The van der Waals surface area contributed by atoms with Crippen LogP contribution in [0.25, 0.3) is 10.8 Å². The topological polar surface area (TPSA) is 51.1 Å². The zero-order valence-electron chi connectivity index (χ0n) is 11.8. The number of hydrogen-bond donors (Lipinski definition) is 1. The number of halogens is 6. The minimum atomic E-state index is -4.83. The van der Waals surface area contributed by atoms with E-state index in [-0.39, 0.29) is 15.3 Å². The highest BCUT2D eigenvalue weighted by Crippen LogP contribution is 2.20. The number of alkyl halides is 6. The van der Waals surface area contributed by atoms with E-state index in [2.05, 4.69) is 0 Å². The number of benzene rings is 1. The number of carbonyl (C=O) groups is 1. The second-order valence-electron chi connectivity index (χ2n) is 4.92. The van der Waals surface area contributed by atoms with E-state index in [0.29, 0.717) is 0 Å². The molecule has 1 N–H and O–H groups in total. The molecule has 130 valence electrons. The summed E-state index contributed by atoms with van der Waals surface area (Å²) in [5.41, 5.74) is -1.90. The van der Waals surface area contributed by atoms with Gasteiger partial charge in [0.05, 0.1) is 0 Å². The molecule has 4 nitrogen and oxygen atoms in total. The van der Waals surface area contributed by atoms with Gasteiger partial charge in [0.1, 0.15) is 18.8 Å². The van der Waals surface area contributed by atoms with Crippen molar-refractivity contribution in [2.24, 2.45) is 0 Å². The fraction of sp³-hybridized carbons (Fsp3) is 0.286. The monoisotopic (exact) mass is 352 g/mol. The average Bonchev–Trinajstić information content (AvgIpc) is 2.45. The SMILES string of the molecule is O=C(NCC(F)(F)F)c1cc2ccccc2c(=O)n1CC(F)(F)F. The van der Waals surface area contributed by atoms with Gasteiger partial charge in [-0.3, -0.25) is 14.2 Å². The normalized spacial score (nSPS) is 12.4. The van der Waals surface area contributed by atoms with Gasteiger partial charge in [-0.2, -0.15) is 26.3 Å². The highest BCUT2D eigenvalue weighted by molar-refractivity contribution is 5.96. The van der Waals surface area contributed by atoms with Gasteiger partial charge >= 0.3 is 12.4 Å². The van der Waals surface area contributed by atoms with Gasteiger partial charge in [-0.15, -0.1) is 0 Å². The van der Waals surface area contributed by atoms with Crippen molar-refractivity contribution in [1.29, 1.82) is 0 Å². The summed E-state index contributed by atoms with van der Waals surface area (Å²) in [5.74, 6) is -1.42. The largest absolute Gasteiger partial charge is 0.406 e. The molecule has 10 heteroatoms. The minimum Gasteiger partial charge on any atom is -0.342 e. The second kappa shape index (κ2) is 6.17. The zero-order valence-corrected chi connectivity index (χ0v) is 11.8. The molecule has 1 amide bonds. The highest BCUT2D eigenvalue weighted by atomic mass is 19.4. The number of nitrogens with one attached hydrogen (secondary N) is 1. The predicted molar refractivity (Wildman–Crippen MR) is 72.7 cm³/mol. The number of carbonyl (C=O) groups excluding carboxylic acids is 1. The van der Waals surface area contributed by atoms with E-state index in [0.717, 1.165) is 6.07 Å². The smallest absolute Gasteiger partial charge is 0.342 e. The van der Waals surface area contributed by atoms with Crippen molar-refractivity contribution in [3.63, 3.8) is 0 Å². The molecule has 24 heavy (non-hydrogen) atoms. The quantitative estimate of drug-likeness (QED) is 0.864. The highest BCUT2D eigenvalue weighted by Gasteiger charge is 2.32. The van der Waals surface area contributed by atoms with Crippen molar-refractivity contribution in [2.75, 3.05) is 6.54 Å². The fourth-order valence-electron chi connectivity index (χ4n) is 2.09. The molecule has 0 bridgehead atoms. The maximum atomic E-state index is 12.7. The lowest BCUT2D eigenvalue weighted by molar-refractivity contribution is -0.141. The Morgan fingerprint density at radius 3 is 2.25 bits per heavy atom. The van der Waals surface area contributed by atoms with Gasteiger partial charge in [0, 0.05) is 5.39 Å². The zero-order chi connectivity index (χ0) is 18.1. The molecule has 2 rings (SSSR count). The molecule has 0 aliphatic carbocycles. The van der Waals surface area contributed by atoms with Crippen LogP contribution in [0.2, 0.25) is 0 Å². The van der Waals surface area contributed by atoms with E-state index in [1.165, 1.54) is 29.6 Å². The number of pyridine rings is 1. The first-order valence-corrected chi connectivity index (χ1v) is 6.52. The molecule has 0 radical (unpaired) electrons. The Balaban J connectivity index is 2.55. The van der Waals surface area contributed by atoms with Gasteiger partial charge in [-0.25, -0.2) is 0 Å². The molecule has 0 spiro atoms. The van der Waals surface area contributed by atoms with E-state index in [9.17, 15) is 35.9 Å². The summed E-state index contributed by atoms with van der Waals surface area (Å²) in [6.45, 7) is -3.51. The Morgan fingerprint density at radius 1 is 1.04 bits per heavy atom. The summed E-state index contributed by atoms with van der Waals surface area (Å²) in [7, 11) is 0. The van der Waals surface area contributed by atoms with Crippen LogP contribution < -0.4 is 10.9 Å². The van der Waals surface area contributed by atoms with Crippen molar-refractivity contribution in [1.82, 2.24) is 9.88 Å². The molecule has 0 fully saturated rings. The van der Waals surface area contributed by atoms with Crippen LogP contribution in [0.15, 0.2) is 35.1 Å². The lowest BCUT2D eigenvalue weighted by Crippen LogP contribution is -2.39. The Bertz CT molecular complexity index is 823. The van der Waals surface area contributed by atoms with E-state index in [1.54, 1.807) is 0 Å². The molecule has 0 unspecified atom stereocenters. The number of aromatic nitrogens is 1. The van der Waals surface area contributed by atoms with Crippen LogP contribution in [0, 0.1) is 0 Å². The van der Waals surface area contributed by atoms with Crippen LogP contribution in [0.1, 0.15) is 10.5 Å². The van der Waals surface area contributed by atoms with Gasteiger partial charge in [0.15, 0.2) is 0 Å². The standard InChI is InChI=1S/C14H10F6N2O2/c15-13(16,17)6-21-11(23)10-5-8-3-1-2-4-9(8)12(24)22(10)7-14(18,19)20/h1-5H,6-7H2,(H,21,23). The number of hydrogen-bond acceptors (Lipinski definition) is 2. The van der Waals surface area contributed by atoms with E-state index < -0.39 is 42.6 Å². The average molecular weight is 352 g/mol. The minimum absolute atomic E-state index is 0.0749. The summed E-state index contributed by atoms with van der Waals surface area (Å²) in [6.07, 6.45) is -9.56. The van der Waals surface area contributed by atoms with Crippen LogP contribution in [0.3, 0.4) is 0 Å². The molecule has 1 aromatic heterocycles. The van der Waals surface area contributed by atoms with Gasteiger partial charge in [-0.1, -0.05) is 18.2 Å². The van der Waals surface area contributed by atoms with Gasteiger partial charge < -0.3 is 5.32 Å². The molecule has 0 saturated carbocycles. The van der Waals surface area contributed by atoms with Gasteiger partial charge in [-0.05, 0) is 17.5 Å². The molecule has 1 aromatic carbocycles. The Kier molecular flexibility index (Phi) is 4.59. The van der Waals surface area contributed by atoms with Crippen LogP contribution in [0.4, 0.5) is 26.3 Å². The van der Waals surface area contributed by atoms with Crippen molar-refractivity contribution >= 4 is 16.7 Å². The summed E-state index contributed by atoms with van der Waals surface area (Å²) in [4.78, 5) is 24.0. The predicted octanol–water partition coefficient (Wildman–Crippen LogP) is 2.86. The number of nitrogens with zero attached hydrogens (tertiary/aromatic N) is 1. The van der Waals surface area contributed by atoms with Crippen LogP contribution in [-0.4, -0.2) is 29.4 Å². The molecular formula is C14H10F6N2O2. The number of fused-ring (bicyclic) bond motifs is 1. The first-order chi connectivity index (χ1) is 11.0. The first-order valence-electron chi connectivity index (χ1n) is 6.52. The van der Waals surface area contributed by atoms with Gasteiger partial charge in [0.2, 0.25) is 0 Å². The molecule has 0 atom stereocenters. The van der Waals surface area contributed by atoms with Crippen molar-refractivity contribution in [2.45, 2.75) is 18.9 Å². The summed E-state index contributed by atoms with van der Waals surface area (Å²) in [5, 5.41) is 1.54.